The van der Waals surface area contributed by atoms with Crippen molar-refractivity contribution < 1.29 is 9.90 Å². The van der Waals surface area contributed by atoms with Gasteiger partial charge >= 0.3 is 6.09 Å². The third-order valence-corrected chi connectivity index (χ3v) is 1.56. The minimum atomic E-state index is -1.07. The largest absolute Gasteiger partial charge is 0.465 e. The summed E-state index contributed by atoms with van der Waals surface area (Å²) < 4.78 is 0. The summed E-state index contributed by atoms with van der Waals surface area (Å²) in [7, 11) is 0. The van der Waals surface area contributed by atoms with Crippen molar-refractivity contribution in [3.63, 3.8) is 0 Å². The Balaban J connectivity index is 2.59. The maximum atomic E-state index is 10.1. The lowest BCUT2D eigenvalue weighted by molar-refractivity contribution is 0.196. The minimum Gasteiger partial charge on any atom is -0.465 e. The zero-order valence-corrected chi connectivity index (χ0v) is 7.74. The van der Waals surface area contributed by atoms with Crippen molar-refractivity contribution >= 4 is 6.09 Å². The van der Waals surface area contributed by atoms with Crippen LogP contribution >= 0.6 is 0 Å². The lowest BCUT2D eigenvalue weighted by Gasteiger charge is -1.94. The van der Waals surface area contributed by atoms with E-state index in [2.05, 4.69) is 22.1 Å². The van der Waals surface area contributed by atoms with Gasteiger partial charge in [-0.1, -0.05) is 11.8 Å². The molecule has 0 aliphatic heterocycles. The molecule has 0 aliphatic carbocycles. The van der Waals surface area contributed by atoms with Gasteiger partial charge in [0.15, 0.2) is 0 Å². The van der Waals surface area contributed by atoms with E-state index in [-0.39, 0.29) is 6.54 Å². The van der Waals surface area contributed by atoms with Gasteiger partial charge in [0.1, 0.15) is 0 Å². The Hall–Kier alpha value is -2.02. The first-order valence-electron chi connectivity index (χ1n) is 4.07. The quantitative estimate of drug-likeness (QED) is 0.649. The summed E-state index contributed by atoms with van der Waals surface area (Å²) >= 11 is 0. The number of aryl methyl sites for hydroxylation is 1. The van der Waals surface area contributed by atoms with Crippen LogP contribution in [0.5, 0.6) is 0 Å². The third-order valence-electron chi connectivity index (χ3n) is 1.56. The molecule has 1 heterocycles. The molecular formula is C10H10N2O2. The van der Waals surface area contributed by atoms with Crippen LogP contribution in [-0.2, 0) is 0 Å². The molecule has 0 fully saturated rings. The predicted molar refractivity (Wildman–Crippen MR) is 51.9 cm³/mol. The van der Waals surface area contributed by atoms with E-state index in [0.717, 1.165) is 11.3 Å². The maximum Gasteiger partial charge on any atom is 0.405 e. The summed E-state index contributed by atoms with van der Waals surface area (Å²) in [6.45, 7) is 1.98. The van der Waals surface area contributed by atoms with Crippen LogP contribution in [0, 0.1) is 18.8 Å². The Labute approximate surface area is 82.0 Å². The fourth-order valence-electron chi connectivity index (χ4n) is 0.876. The molecule has 1 aromatic heterocycles. The molecule has 1 aromatic rings. The van der Waals surface area contributed by atoms with Gasteiger partial charge in [-0.25, -0.2) is 4.79 Å². The Bertz CT molecular complexity index is 391. The SMILES string of the molecule is Cc1ncccc1C#CCNC(=O)O. The third kappa shape index (κ3) is 3.15. The molecule has 0 aromatic carbocycles. The lowest BCUT2D eigenvalue weighted by atomic mass is 10.2. The number of hydrogen-bond acceptors (Lipinski definition) is 2. The molecule has 0 atom stereocenters. The second-order valence-electron chi connectivity index (χ2n) is 2.60. The minimum absolute atomic E-state index is 0.129. The van der Waals surface area contributed by atoms with Crippen molar-refractivity contribution in [3.05, 3.63) is 29.6 Å². The predicted octanol–water partition coefficient (Wildman–Crippen LogP) is 1.01. The van der Waals surface area contributed by atoms with Crippen LogP contribution in [0.4, 0.5) is 4.79 Å². The van der Waals surface area contributed by atoms with Gasteiger partial charge in [0.05, 0.1) is 12.2 Å². The first-order chi connectivity index (χ1) is 6.70. The normalized spacial score (nSPS) is 8.64. The molecular weight excluding hydrogens is 180 g/mol. The summed E-state index contributed by atoms with van der Waals surface area (Å²) in [6.07, 6.45) is 0.623. The average Bonchev–Trinajstić information content (AvgIpc) is 2.15. The van der Waals surface area contributed by atoms with Crippen LogP contribution in [0.1, 0.15) is 11.3 Å². The van der Waals surface area contributed by atoms with Crippen LogP contribution in [0.2, 0.25) is 0 Å². The molecule has 2 N–H and O–H groups in total. The van der Waals surface area contributed by atoms with Gasteiger partial charge < -0.3 is 10.4 Å². The van der Waals surface area contributed by atoms with Crippen LogP contribution in [0.3, 0.4) is 0 Å². The highest BCUT2D eigenvalue weighted by Gasteiger charge is 1.92. The zero-order chi connectivity index (χ0) is 10.4. The second kappa shape index (κ2) is 4.87. The first-order valence-corrected chi connectivity index (χ1v) is 4.07. The topological polar surface area (TPSA) is 62.2 Å². The molecule has 0 aliphatic rings. The highest BCUT2D eigenvalue weighted by atomic mass is 16.4. The molecule has 0 unspecified atom stereocenters. The van der Waals surface area contributed by atoms with E-state index in [4.69, 9.17) is 5.11 Å². The van der Waals surface area contributed by atoms with E-state index in [0.29, 0.717) is 0 Å². The Kier molecular flexibility index (Phi) is 3.50. The Morgan fingerprint density at radius 2 is 2.50 bits per heavy atom. The Morgan fingerprint density at radius 3 is 3.14 bits per heavy atom. The number of hydrogen-bond donors (Lipinski definition) is 2. The molecule has 0 radical (unpaired) electrons. The summed E-state index contributed by atoms with van der Waals surface area (Å²) in [5.41, 5.74) is 1.66. The number of rotatable bonds is 1. The second-order valence-corrected chi connectivity index (χ2v) is 2.60. The molecule has 4 heteroatoms. The van der Waals surface area contributed by atoms with E-state index in [1.54, 1.807) is 12.3 Å². The molecule has 72 valence electrons. The van der Waals surface area contributed by atoms with Crippen molar-refractivity contribution in [2.24, 2.45) is 0 Å². The molecule has 0 bridgehead atoms. The van der Waals surface area contributed by atoms with Crippen LogP contribution in [-0.4, -0.2) is 22.7 Å². The van der Waals surface area contributed by atoms with Gasteiger partial charge in [0.25, 0.3) is 0 Å². The van der Waals surface area contributed by atoms with Crippen molar-refractivity contribution in [2.45, 2.75) is 6.92 Å². The van der Waals surface area contributed by atoms with Crippen molar-refractivity contribution in [1.29, 1.82) is 0 Å². The summed E-state index contributed by atoms with van der Waals surface area (Å²) in [6, 6.07) is 3.64. The number of amides is 1. The molecule has 0 saturated carbocycles. The molecule has 0 saturated heterocycles. The lowest BCUT2D eigenvalue weighted by Crippen LogP contribution is -2.20. The van der Waals surface area contributed by atoms with Gasteiger partial charge in [-0.05, 0) is 19.1 Å². The van der Waals surface area contributed by atoms with Gasteiger partial charge in [-0.15, -0.1) is 0 Å². The number of pyridine rings is 1. The average molecular weight is 190 g/mol. The highest BCUT2D eigenvalue weighted by Crippen LogP contribution is 1.99. The molecule has 1 rings (SSSR count). The standard InChI is InChI=1S/C10H10N2O2/c1-8-9(4-2-6-11-8)5-3-7-12-10(13)14/h2,4,6,12H,7H2,1H3,(H,13,14). The van der Waals surface area contributed by atoms with E-state index in [1.807, 2.05) is 13.0 Å². The fourth-order valence-corrected chi connectivity index (χ4v) is 0.876. The van der Waals surface area contributed by atoms with E-state index in [9.17, 15) is 4.79 Å². The van der Waals surface area contributed by atoms with E-state index >= 15 is 0 Å². The fraction of sp³-hybridized carbons (Fsp3) is 0.200. The van der Waals surface area contributed by atoms with Crippen LogP contribution in [0.15, 0.2) is 18.3 Å². The molecule has 1 amide bonds. The van der Waals surface area contributed by atoms with Crippen molar-refractivity contribution in [3.8, 4) is 11.8 Å². The van der Waals surface area contributed by atoms with Gasteiger partial charge in [0, 0.05) is 11.8 Å². The Morgan fingerprint density at radius 1 is 1.71 bits per heavy atom. The molecule has 14 heavy (non-hydrogen) atoms. The number of aromatic nitrogens is 1. The maximum absolute atomic E-state index is 10.1. The van der Waals surface area contributed by atoms with E-state index in [1.165, 1.54) is 0 Å². The molecule has 0 spiro atoms. The molecule has 4 nitrogen and oxygen atoms in total. The number of carbonyl (C=O) groups is 1. The number of nitrogens with zero attached hydrogens (tertiary/aromatic N) is 1. The van der Waals surface area contributed by atoms with E-state index < -0.39 is 6.09 Å². The smallest absolute Gasteiger partial charge is 0.405 e. The van der Waals surface area contributed by atoms with Gasteiger partial charge in [0.2, 0.25) is 0 Å². The van der Waals surface area contributed by atoms with Crippen LogP contribution in [0.25, 0.3) is 0 Å². The summed E-state index contributed by atoms with van der Waals surface area (Å²) in [5.74, 6) is 5.52. The van der Waals surface area contributed by atoms with Crippen molar-refractivity contribution in [1.82, 2.24) is 10.3 Å². The van der Waals surface area contributed by atoms with Gasteiger partial charge in [-0.3, -0.25) is 4.98 Å². The number of nitrogens with one attached hydrogen (secondary N) is 1. The summed E-state index contributed by atoms with van der Waals surface area (Å²) in [5, 5.41) is 10.4. The number of carboxylic acid groups (broad SMARTS) is 1. The van der Waals surface area contributed by atoms with Gasteiger partial charge in [-0.2, -0.15) is 0 Å². The summed E-state index contributed by atoms with van der Waals surface area (Å²) in [4.78, 5) is 14.1. The highest BCUT2D eigenvalue weighted by molar-refractivity contribution is 5.64. The first kappa shape index (κ1) is 10.1. The van der Waals surface area contributed by atoms with Crippen LogP contribution < -0.4 is 5.32 Å². The van der Waals surface area contributed by atoms with Crippen molar-refractivity contribution in [2.75, 3.05) is 6.54 Å². The zero-order valence-electron chi connectivity index (χ0n) is 7.74. The monoisotopic (exact) mass is 190 g/mol.